The highest BCUT2D eigenvalue weighted by molar-refractivity contribution is 7.99. The molecule has 0 fully saturated rings. The van der Waals surface area contributed by atoms with E-state index in [1.165, 1.54) is 11.8 Å². The van der Waals surface area contributed by atoms with E-state index in [9.17, 15) is 24.1 Å². The normalized spacial score (nSPS) is 11.3. The molecule has 3 rings (SSSR count). The Kier molecular flexibility index (Phi) is 8.87. The Balaban J connectivity index is 2.03. The quantitative estimate of drug-likeness (QED) is 0.219. The predicted octanol–water partition coefficient (Wildman–Crippen LogP) is 4.21. The topological polar surface area (TPSA) is 91.3 Å². The highest BCUT2D eigenvalue weighted by Gasteiger charge is 2.38. The molecule has 182 valence electrons. The van der Waals surface area contributed by atoms with Crippen molar-refractivity contribution in [1.82, 2.24) is 0 Å². The summed E-state index contributed by atoms with van der Waals surface area (Å²) in [4.78, 5) is 37.8. The third kappa shape index (κ3) is 5.83. The van der Waals surface area contributed by atoms with Crippen LogP contribution in [0.15, 0.2) is 66.7 Å². The van der Waals surface area contributed by atoms with Crippen molar-refractivity contribution in [3.05, 3.63) is 94.5 Å². The Hall–Kier alpha value is -2.95. The van der Waals surface area contributed by atoms with Crippen molar-refractivity contribution < 1.29 is 24.1 Å². The third-order valence-electron chi connectivity index (χ3n) is 5.91. The zero-order chi connectivity index (χ0) is 25.6. The Morgan fingerprint density at radius 2 is 1.26 bits per heavy atom. The molecule has 0 bridgehead atoms. The Morgan fingerprint density at radius 1 is 0.771 bits per heavy atom. The van der Waals surface area contributed by atoms with Gasteiger partial charge in [0.2, 0.25) is 12.7 Å². The van der Waals surface area contributed by atoms with Crippen LogP contribution in [0.5, 0.6) is 0 Å². The van der Waals surface area contributed by atoms with Crippen LogP contribution < -0.4 is 15.7 Å². The van der Waals surface area contributed by atoms with E-state index in [2.05, 4.69) is 0 Å². The molecular formula is C28H28O5PS-. The number of aliphatic carboxylic acids is 1. The molecule has 35 heavy (non-hydrogen) atoms. The van der Waals surface area contributed by atoms with Crippen LogP contribution in [0.25, 0.3) is 0 Å². The van der Waals surface area contributed by atoms with Gasteiger partial charge in [0.05, 0.1) is 0 Å². The maximum Gasteiger partial charge on any atom is 0.230 e. The van der Waals surface area contributed by atoms with E-state index in [1.54, 1.807) is 68.4 Å². The lowest BCUT2D eigenvalue weighted by molar-refractivity contribution is -0.305. The maximum absolute atomic E-state index is 14.6. The minimum Gasteiger partial charge on any atom is -0.550 e. The van der Waals surface area contributed by atoms with Crippen molar-refractivity contribution in [1.29, 1.82) is 0 Å². The van der Waals surface area contributed by atoms with Crippen LogP contribution in [0.2, 0.25) is 0 Å². The van der Waals surface area contributed by atoms with Gasteiger partial charge in [0.25, 0.3) is 0 Å². The molecule has 0 spiro atoms. The number of thioether (sulfide) groups is 1. The molecular weight excluding hydrogens is 479 g/mol. The molecule has 0 N–H and O–H groups in total. The Morgan fingerprint density at radius 3 is 1.77 bits per heavy atom. The highest BCUT2D eigenvalue weighted by Crippen LogP contribution is 2.48. The fourth-order valence-electron chi connectivity index (χ4n) is 4.31. The Bertz CT molecular complexity index is 1240. The monoisotopic (exact) mass is 507 g/mol. The van der Waals surface area contributed by atoms with E-state index in [-0.39, 0.29) is 18.6 Å². The number of carbonyl (C=O) groups excluding carboxylic acids is 3. The van der Waals surface area contributed by atoms with E-state index in [0.717, 1.165) is 5.56 Å². The summed E-state index contributed by atoms with van der Waals surface area (Å²) < 4.78 is 14.6. The SMILES string of the molecule is Cc1cc(C)c(C(=O)P(=O)(c2ccccc2)c2ccccc2)c(C)c1C(=O)CCSCCC(=O)[O-]. The first-order chi connectivity index (χ1) is 16.7. The minimum atomic E-state index is -3.71. The first-order valence-corrected chi connectivity index (χ1v) is 14.2. The zero-order valence-electron chi connectivity index (χ0n) is 20.1. The van der Waals surface area contributed by atoms with Gasteiger partial charge >= 0.3 is 0 Å². The number of benzene rings is 3. The van der Waals surface area contributed by atoms with Crippen molar-refractivity contribution in [3.8, 4) is 0 Å². The van der Waals surface area contributed by atoms with Crippen molar-refractivity contribution in [2.75, 3.05) is 11.5 Å². The van der Waals surface area contributed by atoms with E-state index in [0.29, 0.717) is 44.4 Å². The number of aryl methyl sites for hydroxylation is 2. The molecule has 0 atom stereocenters. The van der Waals surface area contributed by atoms with Gasteiger partial charge in [0.15, 0.2) is 5.78 Å². The first kappa shape index (κ1) is 26.7. The molecule has 0 amide bonds. The van der Waals surface area contributed by atoms with Crippen molar-refractivity contribution in [2.24, 2.45) is 0 Å². The third-order valence-corrected chi connectivity index (χ3v) is 9.75. The maximum atomic E-state index is 14.6. The number of hydrogen-bond donors (Lipinski definition) is 0. The van der Waals surface area contributed by atoms with Crippen LogP contribution in [0.4, 0.5) is 0 Å². The molecule has 0 saturated heterocycles. The van der Waals surface area contributed by atoms with Gasteiger partial charge < -0.3 is 14.5 Å². The van der Waals surface area contributed by atoms with Gasteiger partial charge in [-0.25, -0.2) is 0 Å². The highest BCUT2D eigenvalue weighted by atomic mass is 32.2. The van der Waals surface area contributed by atoms with Gasteiger partial charge in [-0.15, -0.1) is 0 Å². The second-order valence-electron chi connectivity index (χ2n) is 8.38. The van der Waals surface area contributed by atoms with Crippen molar-refractivity contribution in [2.45, 2.75) is 33.6 Å². The standard InChI is InChI=1S/C28H29O5PS/c1-19-18-20(2)27(21(3)26(19)24(29)14-16-35-17-15-25(30)31)28(32)34(33,22-10-6-4-7-11-22)23-12-8-5-9-13-23/h4-13,18H,14-17H2,1-3H3,(H,30,31)/p-1. The average molecular weight is 508 g/mol. The Labute approximate surface area is 210 Å². The van der Waals surface area contributed by atoms with Gasteiger partial charge in [-0.05, 0) is 49.6 Å². The summed E-state index contributed by atoms with van der Waals surface area (Å²) >= 11 is 1.38. The molecule has 7 heteroatoms. The minimum absolute atomic E-state index is 0.0612. The smallest absolute Gasteiger partial charge is 0.230 e. The number of carboxylic acids is 1. The van der Waals surface area contributed by atoms with Crippen LogP contribution in [0.1, 0.15) is 50.2 Å². The largest absolute Gasteiger partial charge is 0.550 e. The van der Waals surface area contributed by atoms with Gasteiger partial charge in [0.1, 0.15) is 0 Å². The lowest BCUT2D eigenvalue weighted by Crippen LogP contribution is -2.24. The van der Waals surface area contributed by atoms with E-state index < -0.39 is 18.6 Å². The fourth-order valence-corrected chi connectivity index (χ4v) is 7.76. The van der Waals surface area contributed by atoms with Crippen LogP contribution in [0.3, 0.4) is 0 Å². The fraction of sp³-hybridized carbons (Fsp3) is 0.250. The van der Waals surface area contributed by atoms with E-state index >= 15 is 0 Å². The van der Waals surface area contributed by atoms with E-state index in [1.807, 2.05) is 19.1 Å². The van der Waals surface area contributed by atoms with Crippen molar-refractivity contribution >= 4 is 46.8 Å². The number of carboxylic acid groups (broad SMARTS) is 1. The summed E-state index contributed by atoms with van der Waals surface area (Å²) in [6.07, 6.45) is 0.152. The van der Waals surface area contributed by atoms with Crippen LogP contribution in [-0.4, -0.2) is 28.8 Å². The summed E-state index contributed by atoms with van der Waals surface area (Å²) in [6, 6.07) is 19.3. The number of Topliss-reactive ketones (excluding diaryl/α,β-unsaturated/α-hetero) is 1. The zero-order valence-corrected chi connectivity index (χ0v) is 21.8. The van der Waals surface area contributed by atoms with Crippen LogP contribution in [0, 0.1) is 20.8 Å². The lowest BCUT2D eigenvalue weighted by Gasteiger charge is -2.22. The molecule has 3 aromatic carbocycles. The van der Waals surface area contributed by atoms with Gasteiger partial charge in [-0.2, -0.15) is 11.8 Å². The van der Waals surface area contributed by atoms with Gasteiger partial charge in [-0.1, -0.05) is 66.7 Å². The number of rotatable bonds is 11. The lowest BCUT2D eigenvalue weighted by atomic mass is 9.91. The molecule has 3 aromatic rings. The molecule has 0 aromatic heterocycles. The van der Waals surface area contributed by atoms with Crippen LogP contribution >= 0.6 is 18.9 Å². The molecule has 0 aliphatic heterocycles. The molecule has 0 heterocycles. The number of carbonyl (C=O) groups is 3. The summed E-state index contributed by atoms with van der Waals surface area (Å²) in [5.74, 6) is -0.389. The summed E-state index contributed by atoms with van der Waals surface area (Å²) in [5.41, 5.74) is 2.27. The predicted molar refractivity (Wildman–Crippen MR) is 141 cm³/mol. The van der Waals surface area contributed by atoms with E-state index in [4.69, 9.17) is 0 Å². The molecule has 0 aliphatic carbocycles. The number of ketones is 1. The molecule has 0 aliphatic rings. The first-order valence-electron chi connectivity index (χ1n) is 11.4. The molecule has 0 radical (unpaired) electrons. The van der Waals surface area contributed by atoms with Gasteiger partial charge in [-0.3, -0.25) is 9.59 Å². The molecule has 0 saturated carbocycles. The average Bonchev–Trinajstić information content (AvgIpc) is 2.83. The summed E-state index contributed by atoms with van der Waals surface area (Å²) in [6.45, 7) is 5.38. The molecule has 5 nitrogen and oxygen atoms in total. The second kappa shape index (κ2) is 11.7. The number of hydrogen-bond acceptors (Lipinski definition) is 6. The second-order valence-corrected chi connectivity index (χ2v) is 12.3. The van der Waals surface area contributed by atoms with Crippen molar-refractivity contribution in [3.63, 3.8) is 0 Å². The summed E-state index contributed by atoms with van der Waals surface area (Å²) in [7, 11) is -3.71. The molecule has 0 unspecified atom stereocenters. The van der Waals surface area contributed by atoms with Gasteiger partial charge in [0, 0.05) is 39.9 Å². The van der Waals surface area contributed by atoms with Crippen LogP contribution in [-0.2, 0) is 9.36 Å². The summed E-state index contributed by atoms with van der Waals surface area (Å²) in [5, 5.41) is 11.5.